The summed E-state index contributed by atoms with van der Waals surface area (Å²) in [4.78, 5) is 11.1. The van der Waals surface area contributed by atoms with Crippen molar-refractivity contribution in [2.75, 3.05) is 5.33 Å². The van der Waals surface area contributed by atoms with Crippen LogP contribution in [0.4, 0.5) is 0 Å². The van der Waals surface area contributed by atoms with Crippen LogP contribution in [-0.4, -0.2) is 16.2 Å². The maximum atomic E-state index is 11.1. The lowest BCUT2D eigenvalue weighted by Gasteiger charge is -1.94. The summed E-state index contributed by atoms with van der Waals surface area (Å²) in [6.07, 6.45) is 4.45. The average molecular weight is 231 g/mol. The molecule has 0 aliphatic carbocycles. The van der Waals surface area contributed by atoms with E-state index in [1.54, 1.807) is 0 Å². The molecule has 2 nitrogen and oxygen atoms in total. The molecule has 0 aliphatic rings. The molecule has 0 aliphatic heterocycles. The lowest BCUT2D eigenvalue weighted by molar-refractivity contribution is -0.112. The minimum atomic E-state index is -0.0532. The van der Waals surface area contributed by atoms with Crippen molar-refractivity contribution in [2.24, 2.45) is 0 Å². The zero-order valence-electron chi connectivity index (χ0n) is 6.88. The number of ketones is 1. The van der Waals surface area contributed by atoms with Crippen LogP contribution in [-0.2, 0) is 4.79 Å². The molecule has 0 spiro atoms. The first-order valence-corrected chi connectivity index (χ1v) is 4.53. The number of alkyl halides is 1. The summed E-state index contributed by atoms with van der Waals surface area (Å²) in [5.74, 6) is 0.110. The largest absolute Gasteiger partial charge is 0.513 e. The molecule has 3 heteroatoms. The number of allylic oxidation sites excluding steroid dienone is 5. The minimum absolute atomic E-state index is 0.0532. The third-order valence-corrected chi connectivity index (χ3v) is 1.68. The third kappa shape index (κ3) is 4.13. The van der Waals surface area contributed by atoms with E-state index in [2.05, 4.69) is 22.5 Å². The molecule has 0 heterocycles. The van der Waals surface area contributed by atoms with Crippen LogP contribution in [0.15, 0.2) is 36.1 Å². The molecule has 0 aromatic rings. The van der Waals surface area contributed by atoms with E-state index in [1.807, 2.05) is 0 Å². The van der Waals surface area contributed by atoms with Gasteiger partial charge in [-0.05, 0) is 19.1 Å². The fraction of sp³-hybridized carbons (Fsp3) is 0.222. The molecule has 0 fully saturated rings. The van der Waals surface area contributed by atoms with E-state index in [0.29, 0.717) is 5.57 Å². The van der Waals surface area contributed by atoms with Gasteiger partial charge in [0.05, 0.1) is 11.1 Å². The molecule has 0 aromatic carbocycles. The highest BCUT2D eigenvalue weighted by molar-refractivity contribution is 9.09. The summed E-state index contributed by atoms with van der Waals surface area (Å²) >= 11 is 3.04. The zero-order chi connectivity index (χ0) is 9.56. The maximum Gasteiger partial charge on any atom is 0.173 e. The van der Waals surface area contributed by atoms with E-state index in [9.17, 15) is 4.79 Å². The van der Waals surface area contributed by atoms with Gasteiger partial charge < -0.3 is 5.11 Å². The van der Waals surface area contributed by atoms with Crippen molar-refractivity contribution < 1.29 is 9.90 Å². The molecule has 0 unspecified atom stereocenters. The third-order valence-electron chi connectivity index (χ3n) is 1.17. The van der Waals surface area contributed by atoms with E-state index in [-0.39, 0.29) is 16.9 Å². The standard InChI is InChI=1S/C9H11BrO2/c1-3-8(9(12)6-10)5-4-7(2)11/h3-5,11H,1,6H2,2H3/b7-4+,8-5+. The van der Waals surface area contributed by atoms with Crippen molar-refractivity contribution in [1.29, 1.82) is 0 Å². The Morgan fingerprint density at radius 1 is 1.58 bits per heavy atom. The Labute approximate surface area is 80.4 Å². The predicted molar refractivity (Wildman–Crippen MR) is 53.5 cm³/mol. The second kappa shape index (κ2) is 5.77. The SMILES string of the molecule is C=C/C(=C\C=C(/C)O)C(=O)CBr. The van der Waals surface area contributed by atoms with Gasteiger partial charge in [0.15, 0.2) is 5.78 Å². The predicted octanol–water partition coefficient (Wildman–Crippen LogP) is 2.52. The van der Waals surface area contributed by atoms with E-state index in [1.165, 1.54) is 25.2 Å². The molecule has 0 saturated carbocycles. The summed E-state index contributed by atoms with van der Waals surface area (Å²) < 4.78 is 0. The molecule has 0 aromatic heterocycles. The highest BCUT2D eigenvalue weighted by Crippen LogP contribution is 2.02. The lowest BCUT2D eigenvalue weighted by atomic mass is 10.1. The lowest BCUT2D eigenvalue weighted by Crippen LogP contribution is -2.00. The first-order valence-electron chi connectivity index (χ1n) is 3.41. The molecule has 0 atom stereocenters. The van der Waals surface area contributed by atoms with E-state index in [0.717, 1.165) is 0 Å². The highest BCUT2D eigenvalue weighted by atomic mass is 79.9. The van der Waals surface area contributed by atoms with E-state index in [4.69, 9.17) is 5.11 Å². The molecule has 1 N–H and O–H groups in total. The number of Topliss-reactive ketones (excluding diaryl/α,β-unsaturated/α-hetero) is 1. The number of rotatable bonds is 4. The van der Waals surface area contributed by atoms with Crippen molar-refractivity contribution in [2.45, 2.75) is 6.92 Å². The van der Waals surface area contributed by atoms with Gasteiger partial charge >= 0.3 is 0 Å². The Bertz CT molecular complexity index is 235. The Morgan fingerprint density at radius 3 is 2.50 bits per heavy atom. The second-order valence-electron chi connectivity index (χ2n) is 2.19. The molecule has 0 rings (SSSR count). The quantitative estimate of drug-likeness (QED) is 0.349. The molecule has 12 heavy (non-hydrogen) atoms. The first-order chi connectivity index (χ1) is 5.61. The number of hydrogen-bond donors (Lipinski definition) is 1. The monoisotopic (exact) mass is 230 g/mol. The summed E-state index contributed by atoms with van der Waals surface area (Å²) in [5.41, 5.74) is 0.486. The van der Waals surface area contributed by atoms with Crippen LogP contribution in [0.1, 0.15) is 6.92 Å². The van der Waals surface area contributed by atoms with Crippen molar-refractivity contribution in [3.63, 3.8) is 0 Å². The average Bonchev–Trinajstić information content (AvgIpc) is 2.04. The highest BCUT2D eigenvalue weighted by Gasteiger charge is 2.01. The van der Waals surface area contributed by atoms with Crippen LogP contribution in [0.5, 0.6) is 0 Å². The van der Waals surface area contributed by atoms with Gasteiger partial charge in [-0.25, -0.2) is 0 Å². The molecular weight excluding hydrogens is 220 g/mol. The van der Waals surface area contributed by atoms with Crippen LogP contribution in [0, 0.1) is 0 Å². The van der Waals surface area contributed by atoms with Crippen molar-refractivity contribution in [3.8, 4) is 0 Å². The summed E-state index contributed by atoms with van der Waals surface area (Å²) in [6, 6.07) is 0. The Kier molecular flexibility index (Phi) is 5.37. The second-order valence-corrected chi connectivity index (χ2v) is 2.75. The number of aliphatic hydroxyl groups is 1. The van der Waals surface area contributed by atoms with Crippen LogP contribution in [0.2, 0.25) is 0 Å². The van der Waals surface area contributed by atoms with E-state index < -0.39 is 0 Å². The minimum Gasteiger partial charge on any atom is -0.513 e. The smallest absolute Gasteiger partial charge is 0.173 e. The molecule has 0 amide bonds. The Morgan fingerprint density at radius 2 is 2.17 bits per heavy atom. The van der Waals surface area contributed by atoms with Gasteiger partial charge in [-0.2, -0.15) is 0 Å². The summed E-state index contributed by atoms with van der Waals surface area (Å²) in [7, 11) is 0. The van der Waals surface area contributed by atoms with Gasteiger partial charge in [0.25, 0.3) is 0 Å². The van der Waals surface area contributed by atoms with Gasteiger partial charge in [0, 0.05) is 5.57 Å². The van der Waals surface area contributed by atoms with Crippen molar-refractivity contribution in [3.05, 3.63) is 36.1 Å². The van der Waals surface area contributed by atoms with Crippen LogP contribution in [0.3, 0.4) is 0 Å². The Hall–Kier alpha value is -0.830. The number of carbonyl (C=O) groups is 1. The Balaban J connectivity index is 4.55. The van der Waals surface area contributed by atoms with Gasteiger partial charge in [0.1, 0.15) is 0 Å². The molecule has 0 bridgehead atoms. The topological polar surface area (TPSA) is 37.3 Å². The fourth-order valence-electron chi connectivity index (χ4n) is 0.562. The van der Waals surface area contributed by atoms with Crippen molar-refractivity contribution in [1.82, 2.24) is 0 Å². The van der Waals surface area contributed by atoms with Crippen molar-refractivity contribution >= 4 is 21.7 Å². The van der Waals surface area contributed by atoms with Gasteiger partial charge in [-0.3, -0.25) is 4.79 Å². The first kappa shape index (κ1) is 11.2. The van der Waals surface area contributed by atoms with Gasteiger partial charge in [-0.1, -0.05) is 28.6 Å². The van der Waals surface area contributed by atoms with Crippen LogP contribution < -0.4 is 0 Å². The summed E-state index contributed by atoms with van der Waals surface area (Å²) in [6.45, 7) is 5.02. The number of carbonyl (C=O) groups excluding carboxylic acids is 1. The van der Waals surface area contributed by atoms with Gasteiger partial charge in [-0.15, -0.1) is 0 Å². The number of halogens is 1. The number of hydrogen-bond acceptors (Lipinski definition) is 2. The van der Waals surface area contributed by atoms with Crippen LogP contribution >= 0.6 is 15.9 Å². The van der Waals surface area contributed by atoms with Crippen LogP contribution in [0.25, 0.3) is 0 Å². The molecular formula is C9H11BrO2. The molecule has 66 valence electrons. The zero-order valence-corrected chi connectivity index (χ0v) is 8.47. The normalized spacial score (nSPS) is 12.8. The maximum absolute atomic E-state index is 11.1. The van der Waals surface area contributed by atoms with E-state index >= 15 is 0 Å². The number of aliphatic hydroxyl groups excluding tert-OH is 1. The molecule has 0 radical (unpaired) electrons. The molecule has 0 saturated heterocycles. The van der Waals surface area contributed by atoms with Gasteiger partial charge in [0.2, 0.25) is 0 Å². The summed E-state index contributed by atoms with van der Waals surface area (Å²) in [5, 5.41) is 9.08. The fourth-order valence-corrected chi connectivity index (χ4v) is 0.886.